The van der Waals surface area contributed by atoms with E-state index in [1.54, 1.807) is 0 Å². The van der Waals surface area contributed by atoms with Crippen molar-refractivity contribution in [3.05, 3.63) is 0 Å². The molecule has 0 amide bonds. The molecule has 0 unspecified atom stereocenters. The Hall–Kier alpha value is 0.137. The van der Waals surface area contributed by atoms with Gasteiger partial charge in [-0.15, -0.1) is 0 Å². The summed E-state index contributed by atoms with van der Waals surface area (Å²) in [4.78, 5) is 0. The van der Waals surface area contributed by atoms with E-state index in [1.165, 1.54) is 19.3 Å². The summed E-state index contributed by atoms with van der Waals surface area (Å²) in [5, 5.41) is 3.88. The number of hydrogen-bond acceptors (Lipinski definition) is 2. The minimum absolute atomic E-state index is 0.337. The molecule has 0 bridgehead atoms. The van der Waals surface area contributed by atoms with E-state index in [-0.39, 0.29) is 0 Å². The van der Waals surface area contributed by atoms with E-state index < -0.39 is 8.32 Å². The zero-order valence-electron chi connectivity index (χ0n) is 11.0. The average Bonchev–Trinajstić information content (AvgIpc) is 1.98. The van der Waals surface area contributed by atoms with Crippen LogP contribution in [0, 0.1) is 0 Å². The van der Waals surface area contributed by atoms with E-state index in [2.05, 4.69) is 39.2 Å². The molecule has 2 nitrogen and oxygen atoms in total. The molecule has 0 spiro atoms. The summed E-state index contributed by atoms with van der Waals surface area (Å²) in [5.74, 6) is 0. The second-order valence-electron chi connectivity index (χ2n) is 6.19. The van der Waals surface area contributed by atoms with Crippen molar-refractivity contribution in [3.63, 3.8) is 0 Å². The van der Waals surface area contributed by atoms with Crippen LogP contribution in [0.15, 0.2) is 0 Å². The fraction of sp³-hybridized carbons (Fsp3) is 1.00. The minimum atomic E-state index is -1.51. The highest BCUT2D eigenvalue weighted by Crippen LogP contribution is 2.36. The lowest BCUT2D eigenvalue weighted by atomic mass is 9.93. The van der Waals surface area contributed by atoms with Gasteiger partial charge in [0.25, 0.3) is 0 Å². The Kier molecular flexibility index (Phi) is 4.38. The zero-order valence-corrected chi connectivity index (χ0v) is 12.0. The molecule has 0 saturated heterocycles. The first-order valence-electron chi connectivity index (χ1n) is 6.20. The molecular weight excluding hydrogens is 202 g/mol. The molecule has 3 heteroatoms. The molecular formula is C12H27NOSi. The monoisotopic (exact) mass is 229 g/mol. The van der Waals surface area contributed by atoms with Crippen LogP contribution in [-0.2, 0) is 4.43 Å². The summed E-state index contributed by atoms with van der Waals surface area (Å²) in [6.07, 6.45) is 4.13. The average molecular weight is 229 g/mol. The lowest BCUT2D eigenvalue weighted by Gasteiger charge is -2.36. The van der Waals surface area contributed by atoms with Crippen molar-refractivity contribution in [2.24, 2.45) is 0 Å². The van der Waals surface area contributed by atoms with E-state index in [0.717, 1.165) is 19.2 Å². The van der Waals surface area contributed by atoms with Gasteiger partial charge in [-0.25, -0.2) is 0 Å². The summed E-state index contributed by atoms with van der Waals surface area (Å²) in [5.41, 5.74) is 0. The molecule has 1 rings (SSSR count). The summed E-state index contributed by atoms with van der Waals surface area (Å²) in [7, 11) is -1.51. The molecule has 1 saturated carbocycles. The quantitative estimate of drug-likeness (QED) is 0.577. The van der Waals surface area contributed by atoms with Gasteiger partial charge in [0.15, 0.2) is 8.32 Å². The zero-order chi connectivity index (χ0) is 11.5. The second kappa shape index (κ2) is 4.98. The molecule has 1 aliphatic rings. The van der Waals surface area contributed by atoms with Gasteiger partial charge in [0.05, 0.1) is 0 Å². The second-order valence-corrected chi connectivity index (χ2v) is 11.0. The molecule has 1 N–H and O–H groups in total. The van der Waals surface area contributed by atoms with Crippen LogP contribution in [0.25, 0.3) is 0 Å². The first kappa shape index (κ1) is 13.2. The standard InChI is InChI=1S/C12H27NOSi/c1-12(2,3)15(4,5)14-10-9-13-11-7-6-8-11/h11,13H,6-10H2,1-5H3. The first-order chi connectivity index (χ1) is 6.83. The Morgan fingerprint density at radius 1 is 1.27 bits per heavy atom. The highest BCUT2D eigenvalue weighted by atomic mass is 28.4. The topological polar surface area (TPSA) is 21.3 Å². The summed E-state index contributed by atoms with van der Waals surface area (Å²) < 4.78 is 6.09. The van der Waals surface area contributed by atoms with E-state index in [1.807, 2.05) is 0 Å². The Labute approximate surface area is 95.9 Å². The molecule has 15 heavy (non-hydrogen) atoms. The van der Waals surface area contributed by atoms with Gasteiger partial charge >= 0.3 is 0 Å². The number of hydrogen-bond donors (Lipinski definition) is 1. The maximum atomic E-state index is 6.09. The Morgan fingerprint density at radius 3 is 2.27 bits per heavy atom. The SMILES string of the molecule is CC(C)(C)[Si](C)(C)OCCNC1CCC1. The van der Waals surface area contributed by atoms with Gasteiger partial charge in [-0.1, -0.05) is 27.2 Å². The van der Waals surface area contributed by atoms with Gasteiger partial charge in [0.1, 0.15) is 0 Å². The molecule has 0 aromatic heterocycles. The maximum absolute atomic E-state index is 6.09. The Balaban J connectivity index is 2.12. The van der Waals surface area contributed by atoms with E-state index in [9.17, 15) is 0 Å². The molecule has 0 heterocycles. The van der Waals surface area contributed by atoms with Crippen molar-refractivity contribution in [1.82, 2.24) is 5.32 Å². The Bertz CT molecular complexity index is 194. The highest BCUT2D eigenvalue weighted by Gasteiger charge is 2.36. The van der Waals surface area contributed by atoms with Crippen LogP contribution in [0.2, 0.25) is 18.1 Å². The van der Waals surface area contributed by atoms with Gasteiger partial charge in [0.2, 0.25) is 0 Å². The normalized spacial score (nSPS) is 19.0. The van der Waals surface area contributed by atoms with Crippen molar-refractivity contribution in [1.29, 1.82) is 0 Å². The number of nitrogens with one attached hydrogen (secondary N) is 1. The van der Waals surface area contributed by atoms with Crippen molar-refractivity contribution in [3.8, 4) is 0 Å². The van der Waals surface area contributed by atoms with E-state index in [0.29, 0.717) is 5.04 Å². The predicted octanol–water partition coefficient (Wildman–Crippen LogP) is 3.15. The van der Waals surface area contributed by atoms with Crippen molar-refractivity contribution in [2.75, 3.05) is 13.2 Å². The van der Waals surface area contributed by atoms with Crippen LogP contribution >= 0.6 is 0 Å². The minimum Gasteiger partial charge on any atom is -0.416 e. The Morgan fingerprint density at radius 2 is 1.87 bits per heavy atom. The largest absolute Gasteiger partial charge is 0.416 e. The third-order valence-corrected chi connectivity index (χ3v) is 8.45. The van der Waals surface area contributed by atoms with Gasteiger partial charge in [-0.05, 0) is 31.0 Å². The summed E-state index contributed by atoms with van der Waals surface area (Å²) in [6, 6.07) is 0.785. The van der Waals surface area contributed by atoms with Crippen molar-refractivity contribution >= 4 is 8.32 Å². The lowest BCUT2D eigenvalue weighted by molar-refractivity contribution is 0.259. The fourth-order valence-electron chi connectivity index (χ4n) is 1.40. The molecule has 0 aromatic carbocycles. The lowest BCUT2D eigenvalue weighted by Crippen LogP contribution is -2.44. The molecule has 0 aromatic rings. The summed E-state index contributed by atoms with van der Waals surface area (Å²) in [6.45, 7) is 13.4. The number of rotatable bonds is 5. The van der Waals surface area contributed by atoms with Crippen LogP contribution in [0.5, 0.6) is 0 Å². The van der Waals surface area contributed by atoms with Gasteiger partial charge < -0.3 is 9.74 Å². The smallest absolute Gasteiger partial charge is 0.192 e. The van der Waals surface area contributed by atoms with Crippen LogP contribution in [0.3, 0.4) is 0 Å². The maximum Gasteiger partial charge on any atom is 0.192 e. The van der Waals surface area contributed by atoms with Crippen LogP contribution < -0.4 is 5.32 Å². The third kappa shape index (κ3) is 3.89. The molecule has 0 radical (unpaired) electrons. The third-order valence-electron chi connectivity index (χ3n) is 3.91. The fourth-order valence-corrected chi connectivity index (χ4v) is 2.44. The highest BCUT2D eigenvalue weighted by molar-refractivity contribution is 6.74. The van der Waals surface area contributed by atoms with E-state index >= 15 is 0 Å². The van der Waals surface area contributed by atoms with Gasteiger partial charge in [-0.3, -0.25) is 0 Å². The van der Waals surface area contributed by atoms with Crippen LogP contribution in [0.1, 0.15) is 40.0 Å². The van der Waals surface area contributed by atoms with Crippen LogP contribution in [0.4, 0.5) is 0 Å². The first-order valence-corrected chi connectivity index (χ1v) is 9.11. The molecule has 0 atom stereocenters. The van der Waals surface area contributed by atoms with E-state index in [4.69, 9.17) is 4.43 Å². The van der Waals surface area contributed by atoms with Gasteiger partial charge in [-0.2, -0.15) is 0 Å². The van der Waals surface area contributed by atoms with Gasteiger partial charge in [0, 0.05) is 19.2 Å². The van der Waals surface area contributed by atoms with Crippen molar-refractivity contribution < 1.29 is 4.43 Å². The molecule has 90 valence electrons. The molecule has 1 fully saturated rings. The summed E-state index contributed by atoms with van der Waals surface area (Å²) >= 11 is 0. The van der Waals surface area contributed by atoms with Crippen LogP contribution in [-0.4, -0.2) is 27.5 Å². The van der Waals surface area contributed by atoms with Crippen molar-refractivity contribution in [2.45, 2.75) is 64.2 Å². The molecule has 0 aliphatic heterocycles. The molecule has 1 aliphatic carbocycles. The predicted molar refractivity (Wildman–Crippen MR) is 68.8 cm³/mol.